The Labute approximate surface area is 99.6 Å². The number of aromatic amines is 1. The number of carbonyl (C=O) groups excluding carboxylic acids is 1. The Kier molecular flexibility index (Phi) is 3.69. The summed E-state index contributed by atoms with van der Waals surface area (Å²) in [5, 5.41) is 10.5. The van der Waals surface area contributed by atoms with Gasteiger partial charge in [0.25, 0.3) is 5.91 Å². The molecule has 0 saturated heterocycles. The van der Waals surface area contributed by atoms with Gasteiger partial charge in [-0.3, -0.25) is 14.9 Å². The van der Waals surface area contributed by atoms with E-state index in [1.165, 1.54) is 0 Å². The lowest BCUT2D eigenvalue weighted by molar-refractivity contribution is 0.0949. The fourth-order valence-corrected chi connectivity index (χ4v) is 1.69. The summed E-state index contributed by atoms with van der Waals surface area (Å²) in [4.78, 5) is 15.9. The molecule has 0 unspecified atom stereocenters. The van der Waals surface area contributed by atoms with Gasteiger partial charge in [-0.2, -0.15) is 5.10 Å². The highest BCUT2D eigenvalue weighted by Gasteiger charge is 2.12. The predicted octanol–water partition coefficient (Wildman–Crippen LogP) is 1.88. The van der Waals surface area contributed by atoms with E-state index >= 15 is 0 Å². The van der Waals surface area contributed by atoms with E-state index in [4.69, 9.17) is 0 Å². The van der Waals surface area contributed by atoms with Gasteiger partial charge in [-0.1, -0.05) is 19.8 Å². The van der Waals surface area contributed by atoms with Crippen LogP contribution >= 0.6 is 0 Å². The third-order valence-electron chi connectivity index (χ3n) is 2.65. The highest BCUT2D eigenvalue weighted by molar-refractivity contribution is 6.04. The van der Waals surface area contributed by atoms with Gasteiger partial charge in [-0.25, -0.2) is 0 Å². The Balaban J connectivity index is 2.04. The predicted molar refractivity (Wildman–Crippen MR) is 65.7 cm³/mol. The Bertz CT molecular complexity index is 506. The SMILES string of the molecule is CCCCCNC(=O)c1n[nH]c2ccncc12. The van der Waals surface area contributed by atoms with Gasteiger partial charge in [0.15, 0.2) is 5.69 Å². The highest BCUT2D eigenvalue weighted by atomic mass is 16.1. The quantitative estimate of drug-likeness (QED) is 0.773. The van der Waals surface area contributed by atoms with Gasteiger partial charge in [0.05, 0.1) is 10.9 Å². The molecule has 5 nitrogen and oxygen atoms in total. The third kappa shape index (κ3) is 2.61. The lowest BCUT2D eigenvalue weighted by Crippen LogP contribution is -2.24. The number of nitrogens with zero attached hydrogens (tertiary/aromatic N) is 2. The fourth-order valence-electron chi connectivity index (χ4n) is 1.69. The number of carbonyl (C=O) groups is 1. The monoisotopic (exact) mass is 232 g/mol. The first-order chi connectivity index (χ1) is 8.33. The average Bonchev–Trinajstić information content (AvgIpc) is 2.78. The Morgan fingerprint density at radius 3 is 3.18 bits per heavy atom. The maximum atomic E-state index is 11.9. The topological polar surface area (TPSA) is 70.7 Å². The van der Waals surface area contributed by atoms with E-state index in [-0.39, 0.29) is 5.91 Å². The van der Waals surface area contributed by atoms with Crippen LogP contribution < -0.4 is 5.32 Å². The van der Waals surface area contributed by atoms with Crippen LogP contribution in [0.15, 0.2) is 18.5 Å². The Morgan fingerprint density at radius 2 is 2.35 bits per heavy atom. The van der Waals surface area contributed by atoms with Crippen molar-refractivity contribution in [3.8, 4) is 0 Å². The molecule has 90 valence electrons. The lowest BCUT2D eigenvalue weighted by atomic mass is 10.2. The van der Waals surface area contributed by atoms with E-state index < -0.39 is 0 Å². The molecule has 0 bridgehead atoms. The van der Waals surface area contributed by atoms with Crippen LogP contribution in [-0.2, 0) is 0 Å². The van der Waals surface area contributed by atoms with Crippen LogP contribution in [0.2, 0.25) is 0 Å². The zero-order chi connectivity index (χ0) is 12.1. The van der Waals surface area contributed by atoms with Gasteiger partial charge in [0, 0.05) is 18.9 Å². The van der Waals surface area contributed by atoms with E-state index in [1.54, 1.807) is 18.5 Å². The standard InChI is InChI=1S/C12H16N4O/c1-2-3-4-6-14-12(17)11-9-8-13-7-5-10(9)15-16-11/h5,7-8H,2-4,6H2,1H3,(H,14,17)(H,15,16). The van der Waals surface area contributed by atoms with Crippen molar-refractivity contribution in [2.24, 2.45) is 0 Å². The van der Waals surface area contributed by atoms with Gasteiger partial charge in [-0.15, -0.1) is 0 Å². The van der Waals surface area contributed by atoms with Crippen LogP contribution in [0.1, 0.15) is 36.7 Å². The molecular weight excluding hydrogens is 216 g/mol. The second kappa shape index (κ2) is 5.43. The number of fused-ring (bicyclic) bond motifs is 1. The highest BCUT2D eigenvalue weighted by Crippen LogP contribution is 2.13. The summed E-state index contributed by atoms with van der Waals surface area (Å²) in [5.41, 5.74) is 1.25. The van der Waals surface area contributed by atoms with Crippen molar-refractivity contribution in [3.05, 3.63) is 24.2 Å². The molecule has 0 spiro atoms. The maximum absolute atomic E-state index is 11.9. The van der Waals surface area contributed by atoms with E-state index in [9.17, 15) is 4.79 Å². The second-order valence-corrected chi connectivity index (χ2v) is 3.96. The van der Waals surface area contributed by atoms with Crippen molar-refractivity contribution in [1.82, 2.24) is 20.5 Å². The van der Waals surface area contributed by atoms with Gasteiger partial charge in [0.2, 0.25) is 0 Å². The van der Waals surface area contributed by atoms with E-state index in [0.717, 1.165) is 30.2 Å². The molecule has 2 heterocycles. The minimum Gasteiger partial charge on any atom is -0.351 e. The molecule has 0 aliphatic carbocycles. The van der Waals surface area contributed by atoms with Crippen molar-refractivity contribution in [2.45, 2.75) is 26.2 Å². The smallest absolute Gasteiger partial charge is 0.272 e. The minimum absolute atomic E-state index is 0.139. The van der Waals surface area contributed by atoms with Gasteiger partial charge in [0.1, 0.15) is 0 Å². The van der Waals surface area contributed by atoms with Crippen LogP contribution in [0.25, 0.3) is 10.9 Å². The van der Waals surface area contributed by atoms with Crippen molar-refractivity contribution in [2.75, 3.05) is 6.54 Å². The van der Waals surface area contributed by atoms with Crippen LogP contribution in [0.3, 0.4) is 0 Å². The summed E-state index contributed by atoms with van der Waals surface area (Å²) in [7, 11) is 0. The molecule has 0 fully saturated rings. The average molecular weight is 232 g/mol. The molecule has 0 atom stereocenters. The maximum Gasteiger partial charge on any atom is 0.272 e. The number of hydrogen-bond acceptors (Lipinski definition) is 3. The molecule has 2 N–H and O–H groups in total. The van der Waals surface area contributed by atoms with E-state index in [2.05, 4.69) is 27.4 Å². The summed E-state index contributed by atoms with van der Waals surface area (Å²) in [6, 6.07) is 1.80. The van der Waals surface area contributed by atoms with Crippen LogP contribution in [0.4, 0.5) is 0 Å². The van der Waals surface area contributed by atoms with Gasteiger partial charge in [-0.05, 0) is 12.5 Å². The molecule has 2 aromatic heterocycles. The number of rotatable bonds is 5. The fraction of sp³-hybridized carbons (Fsp3) is 0.417. The summed E-state index contributed by atoms with van der Waals surface area (Å²) in [6.45, 7) is 2.83. The van der Waals surface area contributed by atoms with Crippen molar-refractivity contribution >= 4 is 16.8 Å². The zero-order valence-electron chi connectivity index (χ0n) is 9.86. The normalized spacial score (nSPS) is 10.6. The molecule has 5 heteroatoms. The van der Waals surface area contributed by atoms with Crippen molar-refractivity contribution in [3.63, 3.8) is 0 Å². The summed E-state index contributed by atoms with van der Waals surface area (Å²) >= 11 is 0. The largest absolute Gasteiger partial charge is 0.351 e. The van der Waals surface area contributed by atoms with Crippen LogP contribution in [-0.4, -0.2) is 27.6 Å². The molecule has 0 radical (unpaired) electrons. The van der Waals surface area contributed by atoms with Crippen molar-refractivity contribution in [1.29, 1.82) is 0 Å². The second-order valence-electron chi connectivity index (χ2n) is 3.96. The number of pyridine rings is 1. The Hall–Kier alpha value is -1.91. The zero-order valence-corrected chi connectivity index (χ0v) is 9.86. The molecule has 2 aromatic rings. The molecule has 0 aliphatic rings. The first-order valence-corrected chi connectivity index (χ1v) is 5.89. The number of H-pyrrole nitrogens is 1. The van der Waals surface area contributed by atoms with Crippen molar-refractivity contribution < 1.29 is 4.79 Å². The summed E-state index contributed by atoms with van der Waals surface area (Å²) in [6.07, 6.45) is 6.60. The van der Waals surface area contributed by atoms with E-state index in [0.29, 0.717) is 12.2 Å². The minimum atomic E-state index is -0.139. The molecule has 0 aliphatic heterocycles. The molecule has 1 amide bonds. The molecular formula is C12H16N4O. The van der Waals surface area contributed by atoms with Gasteiger partial charge < -0.3 is 5.32 Å². The lowest BCUT2D eigenvalue weighted by Gasteiger charge is -2.02. The molecule has 17 heavy (non-hydrogen) atoms. The van der Waals surface area contributed by atoms with Crippen LogP contribution in [0, 0.1) is 0 Å². The number of unbranched alkanes of at least 4 members (excludes halogenated alkanes) is 2. The number of nitrogens with one attached hydrogen (secondary N) is 2. The summed E-state index contributed by atoms with van der Waals surface area (Å²) in [5.74, 6) is -0.139. The number of hydrogen-bond donors (Lipinski definition) is 2. The number of amides is 1. The number of aromatic nitrogens is 3. The van der Waals surface area contributed by atoms with E-state index in [1.807, 2.05) is 0 Å². The molecule has 0 aromatic carbocycles. The molecule has 2 rings (SSSR count). The molecule has 0 saturated carbocycles. The Morgan fingerprint density at radius 1 is 1.47 bits per heavy atom. The first kappa shape index (κ1) is 11.6. The third-order valence-corrected chi connectivity index (χ3v) is 2.65. The first-order valence-electron chi connectivity index (χ1n) is 5.89. The van der Waals surface area contributed by atoms with Gasteiger partial charge >= 0.3 is 0 Å². The summed E-state index contributed by atoms with van der Waals surface area (Å²) < 4.78 is 0. The van der Waals surface area contributed by atoms with Crippen LogP contribution in [0.5, 0.6) is 0 Å².